The van der Waals surface area contributed by atoms with Crippen molar-refractivity contribution in [2.75, 3.05) is 25.0 Å². The summed E-state index contributed by atoms with van der Waals surface area (Å²) in [6.45, 7) is 3.30. The van der Waals surface area contributed by atoms with E-state index in [1.165, 1.54) is 19.2 Å². The quantitative estimate of drug-likeness (QED) is 0.909. The summed E-state index contributed by atoms with van der Waals surface area (Å²) in [5.74, 6) is 1.53. The fourth-order valence-electron chi connectivity index (χ4n) is 2.50. The maximum absolute atomic E-state index is 5.32. The lowest BCUT2D eigenvalue weighted by Crippen LogP contribution is -2.33. The summed E-state index contributed by atoms with van der Waals surface area (Å²) in [5.41, 5.74) is 2.20. The minimum absolute atomic E-state index is 0. The average molecular weight is 294 g/mol. The number of hydrogen-bond donors (Lipinski definition) is 2. The number of benzene rings is 1. The highest BCUT2D eigenvalue weighted by Crippen LogP contribution is 2.22. The highest BCUT2D eigenvalue weighted by Gasteiger charge is 2.12. The van der Waals surface area contributed by atoms with Gasteiger partial charge < -0.3 is 15.1 Å². The predicted octanol–water partition coefficient (Wildman–Crippen LogP) is 3.17. The summed E-state index contributed by atoms with van der Waals surface area (Å²) >= 11 is 0. The first kappa shape index (κ1) is 14.9. The lowest BCUT2D eigenvalue weighted by molar-refractivity contribution is 0.393. The van der Waals surface area contributed by atoms with Gasteiger partial charge in [-0.25, -0.2) is 4.98 Å². The number of aromatic nitrogens is 1. The maximum atomic E-state index is 5.32. The molecule has 1 aromatic heterocycles. The third-order valence-corrected chi connectivity index (χ3v) is 3.57. The highest BCUT2D eigenvalue weighted by atomic mass is 35.5. The van der Waals surface area contributed by atoms with Gasteiger partial charge in [-0.1, -0.05) is 12.1 Å². The number of rotatable bonds is 4. The molecule has 0 radical (unpaired) electrons. The topological polar surface area (TPSA) is 50.1 Å². The molecule has 1 atom stereocenters. The summed E-state index contributed by atoms with van der Waals surface area (Å²) in [6, 6.07) is 8.28. The predicted molar refractivity (Wildman–Crippen MR) is 83.3 cm³/mol. The van der Waals surface area contributed by atoms with Crippen molar-refractivity contribution in [2.24, 2.45) is 5.92 Å². The minimum Gasteiger partial charge on any atom is -0.444 e. The Kier molecular flexibility index (Phi) is 5.44. The third kappa shape index (κ3) is 3.74. The molecule has 1 aliphatic rings. The average Bonchev–Trinajstić information content (AvgIpc) is 3.01. The van der Waals surface area contributed by atoms with Crippen LogP contribution >= 0.6 is 12.4 Å². The lowest BCUT2D eigenvalue weighted by atomic mass is 9.99. The van der Waals surface area contributed by atoms with Crippen LogP contribution in [0.25, 0.3) is 11.3 Å². The van der Waals surface area contributed by atoms with Gasteiger partial charge in [0.05, 0.1) is 6.20 Å². The van der Waals surface area contributed by atoms with Crippen LogP contribution in [0, 0.1) is 5.92 Å². The van der Waals surface area contributed by atoms with Gasteiger partial charge in [0, 0.05) is 17.8 Å². The van der Waals surface area contributed by atoms with Crippen molar-refractivity contribution < 1.29 is 4.42 Å². The van der Waals surface area contributed by atoms with Crippen LogP contribution in [0.2, 0.25) is 0 Å². The van der Waals surface area contributed by atoms with Crippen molar-refractivity contribution in [3.63, 3.8) is 0 Å². The van der Waals surface area contributed by atoms with E-state index in [2.05, 4.69) is 27.8 Å². The van der Waals surface area contributed by atoms with E-state index < -0.39 is 0 Å². The van der Waals surface area contributed by atoms with E-state index in [0.717, 1.165) is 42.6 Å². The van der Waals surface area contributed by atoms with Gasteiger partial charge in [-0.2, -0.15) is 0 Å². The van der Waals surface area contributed by atoms with Gasteiger partial charge in [0.25, 0.3) is 0 Å². The maximum Gasteiger partial charge on any atom is 0.181 e. The zero-order chi connectivity index (χ0) is 12.9. The van der Waals surface area contributed by atoms with E-state index >= 15 is 0 Å². The lowest BCUT2D eigenvalue weighted by Gasteiger charge is -2.23. The molecule has 0 aliphatic carbocycles. The van der Waals surface area contributed by atoms with Crippen LogP contribution in [0.5, 0.6) is 0 Å². The van der Waals surface area contributed by atoms with E-state index in [9.17, 15) is 0 Å². The Hall–Kier alpha value is -1.52. The summed E-state index contributed by atoms with van der Waals surface area (Å²) in [6.07, 6.45) is 5.79. The first-order valence-corrected chi connectivity index (χ1v) is 6.85. The number of piperidine rings is 1. The van der Waals surface area contributed by atoms with Gasteiger partial charge in [-0.3, -0.25) is 0 Å². The second kappa shape index (κ2) is 7.31. The molecule has 1 unspecified atom stereocenters. The number of hydrogen-bond acceptors (Lipinski definition) is 4. The molecule has 0 amide bonds. The minimum atomic E-state index is 0. The number of oxazole rings is 1. The van der Waals surface area contributed by atoms with Crippen molar-refractivity contribution in [3.8, 4) is 11.3 Å². The fraction of sp³-hybridized carbons (Fsp3) is 0.400. The molecule has 2 aromatic rings. The van der Waals surface area contributed by atoms with Gasteiger partial charge >= 0.3 is 0 Å². The number of anilines is 1. The summed E-state index contributed by atoms with van der Waals surface area (Å²) in [5, 5.41) is 6.96. The van der Waals surface area contributed by atoms with Gasteiger partial charge in [0.2, 0.25) is 0 Å². The first-order valence-electron chi connectivity index (χ1n) is 6.85. The van der Waals surface area contributed by atoms with Gasteiger partial charge in [-0.05, 0) is 44.0 Å². The molecular formula is C15H20ClN3O. The number of nitrogens with zero attached hydrogens (tertiary/aromatic N) is 1. The highest BCUT2D eigenvalue weighted by molar-refractivity contribution is 5.85. The standard InChI is InChI=1S/C15H19N3O.ClH/c1-4-13(15-10-17-11-19-15)7-14(5-1)18-9-12-3-2-6-16-8-12;/h1,4-5,7,10-12,16,18H,2-3,6,8-9H2;1H. The molecule has 5 heteroatoms. The zero-order valence-electron chi connectivity index (χ0n) is 11.3. The number of halogens is 1. The molecule has 1 aliphatic heterocycles. The van der Waals surface area contributed by atoms with E-state index in [0.29, 0.717) is 0 Å². The van der Waals surface area contributed by atoms with Crippen molar-refractivity contribution in [1.29, 1.82) is 0 Å². The van der Waals surface area contributed by atoms with Crippen molar-refractivity contribution >= 4 is 18.1 Å². The Bertz CT molecular complexity index is 510. The Balaban J connectivity index is 0.00000147. The molecule has 1 saturated heterocycles. The van der Waals surface area contributed by atoms with Crippen molar-refractivity contribution in [3.05, 3.63) is 36.9 Å². The molecule has 3 rings (SSSR count). The fourth-order valence-corrected chi connectivity index (χ4v) is 2.50. The Morgan fingerprint density at radius 3 is 3.10 bits per heavy atom. The van der Waals surface area contributed by atoms with Gasteiger partial charge in [0.1, 0.15) is 0 Å². The van der Waals surface area contributed by atoms with Crippen LogP contribution in [-0.2, 0) is 0 Å². The number of nitrogens with one attached hydrogen (secondary N) is 2. The molecular weight excluding hydrogens is 274 g/mol. The van der Waals surface area contributed by atoms with E-state index in [1.807, 2.05) is 12.1 Å². The molecule has 0 saturated carbocycles. The van der Waals surface area contributed by atoms with Crippen LogP contribution in [0.3, 0.4) is 0 Å². The van der Waals surface area contributed by atoms with E-state index in [1.54, 1.807) is 6.20 Å². The van der Waals surface area contributed by atoms with Crippen LogP contribution in [0.1, 0.15) is 12.8 Å². The molecule has 4 nitrogen and oxygen atoms in total. The Labute approximate surface area is 125 Å². The smallest absolute Gasteiger partial charge is 0.181 e. The largest absolute Gasteiger partial charge is 0.444 e. The molecule has 0 spiro atoms. The molecule has 1 aromatic carbocycles. The molecule has 2 N–H and O–H groups in total. The normalized spacial score (nSPS) is 18.3. The summed E-state index contributed by atoms with van der Waals surface area (Å²) in [7, 11) is 0. The van der Waals surface area contributed by atoms with Crippen molar-refractivity contribution in [1.82, 2.24) is 10.3 Å². The van der Waals surface area contributed by atoms with Crippen LogP contribution in [0.4, 0.5) is 5.69 Å². The van der Waals surface area contributed by atoms with E-state index in [4.69, 9.17) is 4.42 Å². The molecule has 1 fully saturated rings. The molecule has 108 valence electrons. The SMILES string of the molecule is Cl.c1cc(NCC2CCCNC2)cc(-c2cnco2)c1. The first-order chi connectivity index (χ1) is 9.42. The summed E-state index contributed by atoms with van der Waals surface area (Å²) < 4.78 is 5.32. The van der Waals surface area contributed by atoms with Crippen LogP contribution in [-0.4, -0.2) is 24.6 Å². The van der Waals surface area contributed by atoms with Crippen molar-refractivity contribution in [2.45, 2.75) is 12.8 Å². The van der Waals surface area contributed by atoms with Crippen LogP contribution in [0.15, 0.2) is 41.3 Å². The van der Waals surface area contributed by atoms with E-state index in [-0.39, 0.29) is 12.4 Å². The van der Waals surface area contributed by atoms with Gasteiger partial charge in [0.15, 0.2) is 12.2 Å². The van der Waals surface area contributed by atoms with Gasteiger partial charge in [-0.15, -0.1) is 12.4 Å². The molecule has 2 heterocycles. The monoisotopic (exact) mass is 293 g/mol. The second-order valence-electron chi connectivity index (χ2n) is 5.04. The molecule has 0 bridgehead atoms. The Morgan fingerprint density at radius 2 is 2.35 bits per heavy atom. The molecule has 20 heavy (non-hydrogen) atoms. The second-order valence-corrected chi connectivity index (χ2v) is 5.04. The third-order valence-electron chi connectivity index (χ3n) is 3.57. The van der Waals surface area contributed by atoms with Crippen LogP contribution < -0.4 is 10.6 Å². The Morgan fingerprint density at radius 1 is 1.40 bits per heavy atom. The zero-order valence-corrected chi connectivity index (χ0v) is 12.2. The summed E-state index contributed by atoms with van der Waals surface area (Å²) in [4.78, 5) is 3.95.